The molecule has 0 aliphatic heterocycles. The fraction of sp³-hybridized carbons (Fsp3) is 0.286. The maximum Gasteiger partial charge on any atom is 0.229 e. The fourth-order valence-electron chi connectivity index (χ4n) is 1.82. The van der Waals surface area contributed by atoms with Crippen LogP contribution in [0.1, 0.15) is 11.3 Å². The molecule has 0 atom stereocenters. The standard InChI is InChI=1S/C14H18N4O/c1-18(2)10-12-9-13(17-16-12)15-14(19)8-11-6-4-3-5-7-11/h3-7,9H,8,10H2,1-2H3,(H2,15,16,17,19). The number of benzene rings is 1. The Morgan fingerprint density at radius 2 is 2.05 bits per heavy atom. The quantitative estimate of drug-likeness (QED) is 0.857. The first-order valence-corrected chi connectivity index (χ1v) is 6.16. The summed E-state index contributed by atoms with van der Waals surface area (Å²) in [6, 6.07) is 11.5. The molecule has 1 heterocycles. The molecular weight excluding hydrogens is 240 g/mol. The summed E-state index contributed by atoms with van der Waals surface area (Å²) < 4.78 is 0. The highest BCUT2D eigenvalue weighted by molar-refractivity contribution is 5.91. The lowest BCUT2D eigenvalue weighted by atomic mass is 10.1. The highest BCUT2D eigenvalue weighted by atomic mass is 16.1. The highest BCUT2D eigenvalue weighted by Crippen LogP contribution is 2.08. The smallest absolute Gasteiger partial charge is 0.229 e. The number of carbonyl (C=O) groups is 1. The van der Waals surface area contributed by atoms with Crippen molar-refractivity contribution in [3.8, 4) is 0 Å². The van der Waals surface area contributed by atoms with Gasteiger partial charge in [0.1, 0.15) is 0 Å². The number of aromatic nitrogens is 2. The van der Waals surface area contributed by atoms with Crippen molar-refractivity contribution in [2.75, 3.05) is 19.4 Å². The third-order valence-electron chi connectivity index (χ3n) is 2.59. The van der Waals surface area contributed by atoms with Crippen LogP contribution in [0.2, 0.25) is 0 Å². The van der Waals surface area contributed by atoms with Crippen molar-refractivity contribution in [2.24, 2.45) is 0 Å². The Hall–Kier alpha value is -2.14. The minimum absolute atomic E-state index is 0.0610. The highest BCUT2D eigenvalue weighted by Gasteiger charge is 2.07. The lowest BCUT2D eigenvalue weighted by Crippen LogP contribution is -2.14. The Labute approximate surface area is 112 Å². The summed E-state index contributed by atoms with van der Waals surface area (Å²) in [5, 5.41) is 9.75. The van der Waals surface area contributed by atoms with E-state index in [-0.39, 0.29) is 5.91 Å². The third-order valence-corrected chi connectivity index (χ3v) is 2.59. The fourth-order valence-corrected chi connectivity index (χ4v) is 1.82. The van der Waals surface area contributed by atoms with Gasteiger partial charge in [0.05, 0.1) is 12.1 Å². The summed E-state index contributed by atoms with van der Waals surface area (Å²) in [5.74, 6) is 0.506. The summed E-state index contributed by atoms with van der Waals surface area (Å²) in [7, 11) is 3.96. The Balaban J connectivity index is 1.90. The van der Waals surface area contributed by atoms with Gasteiger partial charge in [-0.15, -0.1) is 0 Å². The lowest BCUT2D eigenvalue weighted by molar-refractivity contribution is -0.115. The van der Waals surface area contributed by atoms with Crippen molar-refractivity contribution in [1.29, 1.82) is 0 Å². The van der Waals surface area contributed by atoms with E-state index < -0.39 is 0 Å². The summed E-state index contributed by atoms with van der Waals surface area (Å²) in [6.45, 7) is 0.765. The Morgan fingerprint density at radius 1 is 1.32 bits per heavy atom. The molecule has 0 radical (unpaired) electrons. The molecule has 0 unspecified atom stereocenters. The molecule has 1 aromatic carbocycles. The van der Waals surface area contributed by atoms with Crippen LogP contribution in [-0.2, 0) is 17.8 Å². The van der Waals surface area contributed by atoms with Gasteiger partial charge in [-0.3, -0.25) is 9.89 Å². The normalized spacial score (nSPS) is 10.7. The summed E-state index contributed by atoms with van der Waals surface area (Å²) in [4.78, 5) is 13.9. The predicted octanol–water partition coefficient (Wildman–Crippen LogP) is 1.65. The predicted molar refractivity (Wildman–Crippen MR) is 74.8 cm³/mol. The second kappa shape index (κ2) is 6.15. The molecule has 100 valence electrons. The van der Waals surface area contributed by atoms with Crippen LogP contribution < -0.4 is 5.32 Å². The van der Waals surface area contributed by atoms with E-state index in [1.54, 1.807) is 0 Å². The Kier molecular flexibility index (Phi) is 4.30. The summed E-state index contributed by atoms with van der Waals surface area (Å²) in [5.41, 5.74) is 1.96. The first-order valence-electron chi connectivity index (χ1n) is 6.16. The van der Waals surface area contributed by atoms with Crippen molar-refractivity contribution in [2.45, 2.75) is 13.0 Å². The molecule has 2 N–H and O–H groups in total. The molecule has 19 heavy (non-hydrogen) atoms. The zero-order valence-electron chi connectivity index (χ0n) is 11.2. The second-order valence-electron chi connectivity index (χ2n) is 4.73. The van der Waals surface area contributed by atoms with Gasteiger partial charge in [-0.05, 0) is 19.7 Å². The minimum Gasteiger partial charge on any atom is -0.309 e. The van der Waals surface area contributed by atoms with Gasteiger partial charge >= 0.3 is 0 Å². The molecule has 0 spiro atoms. The molecule has 0 aliphatic rings. The van der Waals surface area contributed by atoms with Gasteiger partial charge in [0.15, 0.2) is 5.82 Å². The number of hydrogen-bond donors (Lipinski definition) is 2. The minimum atomic E-state index is -0.0610. The largest absolute Gasteiger partial charge is 0.309 e. The van der Waals surface area contributed by atoms with Gasteiger partial charge < -0.3 is 10.2 Å². The average molecular weight is 258 g/mol. The van der Waals surface area contributed by atoms with E-state index in [0.717, 1.165) is 17.8 Å². The van der Waals surface area contributed by atoms with E-state index in [9.17, 15) is 4.79 Å². The van der Waals surface area contributed by atoms with Crippen LogP contribution in [0.4, 0.5) is 5.82 Å². The maximum atomic E-state index is 11.8. The van der Waals surface area contributed by atoms with Crippen molar-refractivity contribution < 1.29 is 4.79 Å². The number of nitrogens with zero attached hydrogens (tertiary/aromatic N) is 2. The second-order valence-corrected chi connectivity index (χ2v) is 4.73. The topological polar surface area (TPSA) is 61.0 Å². The van der Waals surface area contributed by atoms with E-state index in [1.165, 1.54) is 0 Å². The molecule has 0 saturated heterocycles. The number of H-pyrrole nitrogens is 1. The SMILES string of the molecule is CN(C)Cc1cc(NC(=O)Cc2ccccc2)n[nH]1. The van der Waals surface area contributed by atoms with E-state index in [1.807, 2.05) is 55.4 Å². The van der Waals surface area contributed by atoms with E-state index in [4.69, 9.17) is 0 Å². The zero-order valence-corrected chi connectivity index (χ0v) is 11.2. The number of amides is 1. The molecule has 1 aromatic heterocycles. The number of hydrogen-bond acceptors (Lipinski definition) is 3. The van der Waals surface area contributed by atoms with Crippen LogP contribution in [-0.4, -0.2) is 35.1 Å². The molecule has 2 rings (SSSR count). The van der Waals surface area contributed by atoms with Crippen molar-refractivity contribution >= 4 is 11.7 Å². The van der Waals surface area contributed by atoms with Crippen molar-refractivity contribution in [3.05, 3.63) is 47.7 Å². The van der Waals surface area contributed by atoms with Gasteiger partial charge in [0.25, 0.3) is 0 Å². The van der Waals surface area contributed by atoms with Gasteiger partial charge in [0, 0.05) is 12.6 Å². The first kappa shape index (κ1) is 13.3. The van der Waals surface area contributed by atoms with E-state index >= 15 is 0 Å². The Bertz CT molecular complexity index is 533. The van der Waals surface area contributed by atoms with E-state index in [2.05, 4.69) is 15.5 Å². The van der Waals surface area contributed by atoms with Crippen LogP contribution in [0.3, 0.4) is 0 Å². The lowest BCUT2D eigenvalue weighted by Gasteiger charge is -2.05. The summed E-state index contributed by atoms with van der Waals surface area (Å²) in [6.07, 6.45) is 0.358. The van der Waals surface area contributed by atoms with Gasteiger partial charge in [-0.25, -0.2) is 0 Å². The maximum absolute atomic E-state index is 11.8. The summed E-state index contributed by atoms with van der Waals surface area (Å²) >= 11 is 0. The molecule has 5 heteroatoms. The first-order chi connectivity index (χ1) is 9.13. The number of rotatable bonds is 5. The van der Waals surface area contributed by atoms with Crippen LogP contribution in [0.5, 0.6) is 0 Å². The van der Waals surface area contributed by atoms with Crippen LogP contribution in [0, 0.1) is 0 Å². The van der Waals surface area contributed by atoms with Gasteiger partial charge in [-0.2, -0.15) is 5.10 Å². The zero-order chi connectivity index (χ0) is 13.7. The van der Waals surface area contributed by atoms with Crippen molar-refractivity contribution in [3.63, 3.8) is 0 Å². The number of aromatic amines is 1. The van der Waals surface area contributed by atoms with Crippen LogP contribution in [0.15, 0.2) is 36.4 Å². The monoisotopic (exact) mass is 258 g/mol. The molecule has 1 amide bonds. The molecule has 0 bridgehead atoms. The molecule has 0 saturated carbocycles. The molecular formula is C14H18N4O. The number of nitrogens with one attached hydrogen (secondary N) is 2. The van der Waals surface area contributed by atoms with Crippen LogP contribution >= 0.6 is 0 Å². The Morgan fingerprint density at radius 3 is 2.74 bits per heavy atom. The molecule has 5 nitrogen and oxygen atoms in total. The van der Waals surface area contributed by atoms with Gasteiger partial charge in [-0.1, -0.05) is 30.3 Å². The number of anilines is 1. The third kappa shape index (κ3) is 4.22. The average Bonchev–Trinajstić information content (AvgIpc) is 2.76. The molecule has 0 fully saturated rings. The van der Waals surface area contributed by atoms with Gasteiger partial charge in [0.2, 0.25) is 5.91 Å². The number of carbonyl (C=O) groups excluding carboxylic acids is 1. The van der Waals surface area contributed by atoms with Crippen LogP contribution in [0.25, 0.3) is 0 Å². The van der Waals surface area contributed by atoms with E-state index in [0.29, 0.717) is 12.2 Å². The van der Waals surface area contributed by atoms with Crippen molar-refractivity contribution in [1.82, 2.24) is 15.1 Å². The molecule has 0 aliphatic carbocycles. The molecule has 2 aromatic rings.